The van der Waals surface area contributed by atoms with E-state index < -0.39 is 22.0 Å². The zero-order chi connectivity index (χ0) is 20.9. The van der Waals surface area contributed by atoms with Gasteiger partial charge >= 0.3 is 0 Å². The molecule has 0 aromatic heterocycles. The van der Waals surface area contributed by atoms with Crippen LogP contribution in [0.15, 0.2) is 42.5 Å². The number of ether oxygens (including phenoxy) is 1. The van der Waals surface area contributed by atoms with Gasteiger partial charge in [-0.3, -0.25) is 9.10 Å². The van der Waals surface area contributed by atoms with Crippen molar-refractivity contribution in [2.24, 2.45) is 0 Å². The Kier molecular flexibility index (Phi) is 7.32. The monoisotopic (exact) mass is 424 g/mol. The van der Waals surface area contributed by atoms with Crippen molar-refractivity contribution in [2.75, 3.05) is 23.7 Å². The number of rotatable bonds is 8. The molecule has 6 nitrogen and oxygen atoms in total. The normalized spacial score (nSPS) is 12.3. The lowest BCUT2D eigenvalue weighted by Gasteiger charge is -2.29. The molecule has 28 heavy (non-hydrogen) atoms. The van der Waals surface area contributed by atoms with Crippen molar-refractivity contribution in [1.29, 1.82) is 0 Å². The van der Waals surface area contributed by atoms with E-state index in [9.17, 15) is 13.2 Å². The number of carbonyl (C=O) groups is 1. The zero-order valence-electron chi connectivity index (χ0n) is 16.4. The van der Waals surface area contributed by atoms with Crippen molar-refractivity contribution in [3.8, 4) is 5.75 Å². The number of carbonyl (C=O) groups excluding carboxylic acids is 1. The maximum Gasteiger partial charge on any atom is 0.243 e. The number of nitrogens with one attached hydrogen (secondary N) is 1. The van der Waals surface area contributed by atoms with E-state index in [0.29, 0.717) is 16.3 Å². The number of amides is 1. The summed E-state index contributed by atoms with van der Waals surface area (Å²) in [6.07, 6.45) is 1.07. The molecule has 0 radical (unpaired) electrons. The minimum Gasteiger partial charge on any atom is -0.491 e. The van der Waals surface area contributed by atoms with Crippen LogP contribution in [0.4, 0.5) is 5.69 Å². The van der Waals surface area contributed by atoms with E-state index >= 15 is 0 Å². The number of aryl methyl sites for hydroxylation is 2. The number of sulfonamides is 1. The number of para-hydroxylation sites is 1. The fourth-order valence-electron chi connectivity index (χ4n) is 2.80. The molecule has 0 spiro atoms. The minimum absolute atomic E-state index is 0.254. The smallest absolute Gasteiger partial charge is 0.243 e. The molecule has 1 atom stereocenters. The topological polar surface area (TPSA) is 75.7 Å². The first-order valence-electron chi connectivity index (χ1n) is 8.83. The van der Waals surface area contributed by atoms with Crippen LogP contribution in [0.3, 0.4) is 0 Å². The number of hydrogen-bond donors (Lipinski definition) is 1. The van der Waals surface area contributed by atoms with Crippen LogP contribution in [0.25, 0.3) is 0 Å². The first-order chi connectivity index (χ1) is 13.1. The van der Waals surface area contributed by atoms with Gasteiger partial charge in [0, 0.05) is 5.02 Å². The summed E-state index contributed by atoms with van der Waals surface area (Å²) in [4.78, 5) is 12.6. The van der Waals surface area contributed by atoms with Crippen LogP contribution in [0.2, 0.25) is 5.02 Å². The average molecular weight is 425 g/mol. The van der Waals surface area contributed by atoms with E-state index in [1.807, 2.05) is 31.2 Å². The van der Waals surface area contributed by atoms with Crippen LogP contribution in [0.5, 0.6) is 5.75 Å². The Balaban J connectivity index is 2.06. The van der Waals surface area contributed by atoms with E-state index in [2.05, 4.69) is 5.32 Å². The SMILES string of the molecule is Cc1ccccc1OCCNC(=O)[C@H](C)N(c1cc(Cl)ccc1C)S(C)(=O)=O. The summed E-state index contributed by atoms with van der Waals surface area (Å²) in [5, 5.41) is 3.12. The molecule has 0 bridgehead atoms. The number of anilines is 1. The van der Waals surface area contributed by atoms with E-state index in [1.54, 1.807) is 32.0 Å². The third-order valence-electron chi connectivity index (χ3n) is 4.25. The van der Waals surface area contributed by atoms with E-state index in [0.717, 1.165) is 21.9 Å². The van der Waals surface area contributed by atoms with Crippen molar-refractivity contribution in [3.05, 3.63) is 58.6 Å². The van der Waals surface area contributed by atoms with Gasteiger partial charge in [0.05, 0.1) is 18.5 Å². The Morgan fingerprint density at radius 1 is 1.18 bits per heavy atom. The molecule has 1 N–H and O–H groups in total. The Bertz CT molecular complexity index is 947. The van der Waals surface area contributed by atoms with Crippen LogP contribution in [0.1, 0.15) is 18.1 Å². The largest absolute Gasteiger partial charge is 0.491 e. The van der Waals surface area contributed by atoms with Crippen molar-refractivity contribution in [2.45, 2.75) is 26.8 Å². The molecule has 1 amide bonds. The third-order valence-corrected chi connectivity index (χ3v) is 5.71. The highest BCUT2D eigenvalue weighted by molar-refractivity contribution is 7.92. The molecule has 0 aliphatic rings. The summed E-state index contributed by atoms with van der Waals surface area (Å²) in [6.45, 7) is 5.78. The van der Waals surface area contributed by atoms with Crippen molar-refractivity contribution < 1.29 is 17.9 Å². The van der Waals surface area contributed by atoms with Crippen LogP contribution in [0, 0.1) is 13.8 Å². The van der Waals surface area contributed by atoms with Crippen molar-refractivity contribution >= 4 is 33.2 Å². The third kappa shape index (κ3) is 5.62. The molecule has 0 heterocycles. The fraction of sp³-hybridized carbons (Fsp3) is 0.350. The molecule has 0 fully saturated rings. The molecule has 0 aliphatic carbocycles. The molecule has 2 rings (SSSR count). The standard InChI is InChI=1S/C20H25ClN2O4S/c1-14-9-10-17(21)13-18(14)23(28(4,25)26)16(3)20(24)22-11-12-27-19-8-6-5-7-15(19)2/h5-10,13,16H,11-12H2,1-4H3,(H,22,24)/t16-/m0/s1. The summed E-state index contributed by atoms with van der Waals surface area (Å²) >= 11 is 6.03. The van der Waals surface area contributed by atoms with Crippen LogP contribution in [-0.4, -0.2) is 39.8 Å². The Labute approximate surface area is 171 Å². The first-order valence-corrected chi connectivity index (χ1v) is 11.1. The molecule has 2 aromatic carbocycles. The van der Waals surface area contributed by atoms with E-state index in [1.165, 1.54) is 0 Å². The van der Waals surface area contributed by atoms with Crippen molar-refractivity contribution in [1.82, 2.24) is 5.32 Å². The minimum atomic E-state index is -3.70. The zero-order valence-corrected chi connectivity index (χ0v) is 18.0. The van der Waals surface area contributed by atoms with Gasteiger partial charge in [0.25, 0.3) is 0 Å². The lowest BCUT2D eigenvalue weighted by Crippen LogP contribution is -2.48. The van der Waals surface area contributed by atoms with Crippen LogP contribution < -0.4 is 14.4 Å². The Hall–Kier alpha value is -2.25. The molecule has 152 valence electrons. The highest BCUT2D eigenvalue weighted by Gasteiger charge is 2.30. The molecule has 0 saturated carbocycles. The molecule has 0 saturated heterocycles. The number of halogens is 1. The summed E-state index contributed by atoms with van der Waals surface area (Å²) in [6, 6.07) is 11.6. The van der Waals surface area contributed by atoms with Gasteiger partial charge in [0.15, 0.2) is 0 Å². The number of benzene rings is 2. The average Bonchev–Trinajstić information content (AvgIpc) is 2.61. The second kappa shape index (κ2) is 9.30. The predicted molar refractivity (Wildman–Crippen MR) is 113 cm³/mol. The van der Waals surface area contributed by atoms with E-state index in [-0.39, 0.29) is 13.2 Å². The summed E-state index contributed by atoms with van der Waals surface area (Å²) in [7, 11) is -3.70. The lowest BCUT2D eigenvalue weighted by atomic mass is 10.2. The first kappa shape index (κ1) is 22.0. The molecule has 0 unspecified atom stereocenters. The summed E-state index contributed by atoms with van der Waals surface area (Å²) < 4.78 is 31.5. The quantitative estimate of drug-likeness (QED) is 0.659. The highest BCUT2D eigenvalue weighted by Crippen LogP contribution is 2.28. The Morgan fingerprint density at radius 3 is 2.50 bits per heavy atom. The van der Waals surface area contributed by atoms with Crippen molar-refractivity contribution in [3.63, 3.8) is 0 Å². The molecule has 0 aliphatic heterocycles. The molecule has 2 aromatic rings. The van der Waals surface area contributed by atoms with Gasteiger partial charge in [-0.2, -0.15) is 0 Å². The van der Waals surface area contributed by atoms with Gasteiger partial charge in [-0.1, -0.05) is 35.9 Å². The second-order valence-electron chi connectivity index (χ2n) is 6.57. The Morgan fingerprint density at radius 2 is 1.86 bits per heavy atom. The second-order valence-corrected chi connectivity index (χ2v) is 8.87. The van der Waals surface area contributed by atoms with Crippen LogP contribution in [-0.2, 0) is 14.8 Å². The van der Waals surface area contributed by atoms with Gasteiger partial charge in [-0.05, 0) is 50.1 Å². The fourth-order valence-corrected chi connectivity index (χ4v) is 4.19. The van der Waals surface area contributed by atoms with E-state index in [4.69, 9.17) is 16.3 Å². The van der Waals surface area contributed by atoms with Crippen LogP contribution >= 0.6 is 11.6 Å². The van der Waals surface area contributed by atoms with Gasteiger partial charge < -0.3 is 10.1 Å². The lowest BCUT2D eigenvalue weighted by molar-refractivity contribution is -0.121. The maximum atomic E-state index is 12.6. The molecular weight excluding hydrogens is 400 g/mol. The predicted octanol–water partition coefficient (Wildman–Crippen LogP) is 3.31. The highest BCUT2D eigenvalue weighted by atomic mass is 35.5. The van der Waals surface area contributed by atoms with Gasteiger partial charge in [0.2, 0.25) is 15.9 Å². The molecule has 8 heteroatoms. The van der Waals surface area contributed by atoms with Gasteiger partial charge in [-0.15, -0.1) is 0 Å². The summed E-state index contributed by atoms with van der Waals surface area (Å²) in [5.74, 6) is 0.329. The molecular formula is C20H25ClN2O4S. The summed E-state index contributed by atoms with van der Waals surface area (Å²) in [5.41, 5.74) is 2.09. The number of nitrogens with zero attached hydrogens (tertiary/aromatic N) is 1. The van der Waals surface area contributed by atoms with Gasteiger partial charge in [0.1, 0.15) is 18.4 Å². The maximum absolute atomic E-state index is 12.6. The number of hydrogen-bond acceptors (Lipinski definition) is 4. The van der Waals surface area contributed by atoms with Gasteiger partial charge in [-0.25, -0.2) is 8.42 Å².